The summed E-state index contributed by atoms with van der Waals surface area (Å²) in [7, 11) is 0. The third-order valence-corrected chi connectivity index (χ3v) is 5.31. The van der Waals surface area contributed by atoms with Crippen LogP contribution in [0.4, 0.5) is 0 Å². The molecule has 0 radical (unpaired) electrons. The van der Waals surface area contributed by atoms with Crippen LogP contribution in [0.15, 0.2) is 11.6 Å². The number of carbonyl (C=O) groups is 1. The molecule has 4 N–H and O–H groups in total. The van der Waals surface area contributed by atoms with Crippen molar-refractivity contribution in [2.75, 3.05) is 0 Å². The number of carboxylic acids is 1. The molecule has 0 bridgehead atoms. The van der Waals surface area contributed by atoms with Crippen molar-refractivity contribution >= 4 is 5.97 Å². The van der Waals surface area contributed by atoms with Gasteiger partial charge in [-0.2, -0.15) is 0 Å². The van der Waals surface area contributed by atoms with Gasteiger partial charge in [0.1, 0.15) is 5.60 Å². The summed E-state index contributed by atoms with van der Waals surface area (Å²) >= 11 is 0. The van der Waals surface area contributed by atoms with E-state index in [1.807, 2.05) is 6.92 Å². The fourth-order valence-corrected chi connectivity index (χ4v) is 4.08. The maximum atomic E-state index is 11.1. The van der Waals surface area contributed by atoms with Gasteiger partial charge in [0, 0.05) is 5.57 Å². The van der Waals surface area contributed by atoms with Gasteiger partial charge in [-0.25, -0.2) is 4.79 Å². The standard InChI is InChI=1S/C15H24O5/c1-13(2,19)15(20)10-5-4-9(12(17)18)6-7-14(10,3)8-11(15)16/h6,10-11,16,19-20H,4-5,7-8H2,1-3H3,(H,17,18)/t10-,11-,14+,15+/m0/s1. The fourth-order valence-electron chi connectivity index (χ4n) is 4.08. The second-order valence-electron chi connectivity index (χ2n) is 7.09. The maximum absolute atomic E-state index is 11.1. The molecule has 0 amide bonds. The third-order valence-electron chi connectivity index (χ3n) is 5.31. The Hall–Kier alpha value is -0.910. The zero-order valence-corrected chi connectivity index (χ0v) is 12.3. The van der Waals surface area contributed by atoms with Gasteiger partial charge in [0.2, 0.25) is 0 Å². The van der Waals surface area contributed by atoms with Crippen molar-refractivity contribution in [3.63, 3.8) is 0 Å². The van der Waals surface area contributed by atoms with Gasteiger partial charge >= 0.3 is 5.97 Å². The second-order valence-corrected chi connectivity index (χ2v) is 7.09. The predicted molar refractivity (Wildman–Crippen MR) is 73.0 cm³/mol. The lowest BCUT2D eigenvalue weighted by molar-refractivity contribution is -0.200. The second kappa shape index (κ2) is 4.55. The molecule has 2 aliphatic carbocycles. The Morgan fingerprint density at radius 3 is 2.55 bits per heavy atom. The van der Waals surface area contributed by atoms with Crippen molar-refractivity contribution in [2.24, 2.45) is 11.3 Å². The minimum atomic E-state index is -1.61. The van der Waals surface area contributed by atoms with E-state index < -0.39 is 28.7 Å². The first-order chi connectivity index (χ1) is 9.02. The minimum absolute atomic E-state index is 0.335. The highest BCUT2D eigenvalue weighted by molar-refractivity contribution is 5.86. The molecule has 0 unspecified atom stereocenters. The average Bonchev–Trinajstić information content (AvgIpc) is 2.44. The Kier molecular flexibility index (Phi) is 3.52. The van der Waals surface area contributed by atoms with Crippen molar-refractivity contribution in [2.45, 2.75) is 63.8 Å². The smallest absolute Gasteiger partial charge is 0.331 e. The normalized spacial score (nSPS) is 41.8. The number of rotatable bonds is 2. The van der Waals surface area contributed by atoms with E-state index in [1.54, 1.807) is 6.08 Å². The SMILES string of the molecule is CC(C)(O)[C@]1(O)[C@@H](O)C[C@@]2(C)CC=C(C(=O)O)CC[C@@H]21. The summed E-state index contributed by atoms with van der Waals surface area (Å²) < 4.78 is 0. The van der Waals surface area contributed by atoms with Crippen molar-refractivity contribution in [1.82, 2.24) is 0 Å². The van der Waals surface area contributed by atoms with E-state index in [2.05, 4.69) is 0 Å². The van der Waals surface area contributed by atoms with Crippen molar-refractivity contribution in [1.29, 1.82) is 0 Å². The lowest BCUT2D eigenvalue weighted by Gasteiger charge is -2.45. The molecule has 0 aromatic heterocycles. The van der Waals surface area contributed by atoms with Gasteiger partial charge in [-0.05, 0) is 50.9 Å². The van der Waals surface area contributed by atoms with Crippen LogP contribution in [0.5, 0.6) is 0 Å². The molecule has 0 aromatic carbocycles. The molecule has 114 valence electrons. The zero-order chi connectivity index (χ0) is 15.3. The van der Waals surface area contributed by atoms with Gasteiger partial charge in [-0.1, -0.05) is 13.0 Å². The van der Waals surface area contributed by atoms with Crippen molar-refractivity contribution < 1.29 is 25.2 Å². The average molecular weight is 284 g/mol. The maximum Gasteiger partial charge on any atom is 0.331 e. The Labute approximate surface area is 118 Å². The lowest BCUT2D eigenvalue weighted by Crippen LogP contribution is -2.60. The number of carboxylic acid groups (broad SMARTS) is 1. The van der Waals surface area contributed by atoms with E-state index in [0.717, 1.165) is 0 Å². The number of fused-ring (bicyclic) bond motifs is 1. The summed E-state index contributed by atoms with van der Waals surface area (Å²) in [4.78, 5) is 11.1. The van der Waals surface area contributed by atoms with Crippen LogP contribution in [0.25, 0.3) is 0 Å². The van der Waals surface area contributed by atoms with E-state index in [1.165, 1.54) is 13.8 Å². The minimum Gasteiger partial charge on any atom is -0.478 e. The summed E-state index contributed by atoms with van der Waals surface area (Å²) in [5, 5.41) is 40.7. The van der Waals surface area contributed by atoms with Gasteiger partial charge in [0.15, 0.2) is 0 Å². The van der Waals surface area contributed by atoms with E-state index in [0.29, 0.717) is 31.3 Å². The number of hydrogen-bond donors (Lipinski definition) is 4. The molecular formula is C15H24O5. The molecule has 0 aliphatic heterocycles. The predicted octanol–water partition coefficient (Wildman–Crippen LogP) is 1.07. The molecular weight excluding hydrogens is 260 g/mol. The summed E-state index contributed by atoms with van der Waals surface area (Å²) in [6.45, 7) is 4.95. The summed E-state index contributed by atoms with van der Waals surface area (Å²) in [5.74, 6) is -1.26. The van der Waals surface area contributed by atoms with Gasteiger partial charge < -0.3 is 20.4 Å². The van der Waals surface area contributed by atoms with Crippen LogP contribution in [0.2, 0.25) is 0 Å². The van der Waals surface area contributed by atoms with Crippen LogP contribution >= 0.6 is 0 Å². The number of aliphatic hydroxyl groups excluding tert-OH is 1. The number of allylic oxidation sites excluding steroid dienone is 1. The fraction of sp³-hybridized carbons (Fsp3) is 0.800. The first-order valence-electron chi connectivity index (χ1n) is 7.07. The first kappa shape index (κ1) is 15.5. The molecule has 0 saturated heterocycles. The quantitative estimate of drug-likeness (QED) is 0.608. The highest BCUT2D eigenvalue weighted by Crippen LogP contribution is 2.58. The molecule has 2 rings (SSSR count). The number of aliphatic hydroxyl groups is 3. The summed E-state index contributed by atoms with van der Waals surface area (Å²) in [6, 6.07) is 0. The summed E-state index contributed by atoms with van der Waals surface area (Å²) in [5.41, 5.74) is -3.09. The van der Waals surface area contributed by atoms with Crippen LogP contribution in [0.3, 0.4) is 0 Å². The molecule has 20 heavy (non-hydrogen) atoms. The highest BCUT2D eigenvalue weighted by Gasteiger charge is 2.64. The molecule has 1 fully saturated rings. The topological polar surface area (TPSA) is 98.0 Å². The van der Waals surface area contributed by atoms with Gasteiger partial charge in [0.25, 0.3) is 0 Å². The Bertz CT molecular complexity index is 450. The van der Waals surface area contributed by atoms with E-state index >= 15 is 0 Å². The van der Waals surface area contributed by atoms with Crippen LogP contribution in [-0.4, -0.2) is 43.7 Å². The van der Waals surface area contributed by atoms with Gasteiger partial charge in [0.05, 0.1) is 11.7 Å². The molecule has 1 saturated carbocycles. The number of aliphatic carboxylic acids is 1. The van der Waals surface area contributed by atoms with Gasteiger partial charge in [-0.15, -0.1) is 0 Å². The van der Waals surface area contributed by atoms with E-state index in [-0.39, 0.29) is 5.92 Å². The molecule has 4 atom stereocenters. The van der Waals surface area contributed by atoms with Crippen LogP contribution < -0.4 is 0 Å². The first-order valence-corrected chi connectivity index (χ1v) is 7.07. The van der Waals surface area contributed by atoms with E-state index in [9.17, 15) is 20.1 Å². The summed E-state index contributed by atoms with van der Waals surface area (Å²) in [6.07, 6.45) is 2.35. The third kappa shape index (κ3) is 2.08. The molecule has 2 aliphatic rings. The lowest BCUT2D eigenvalue weighted by atomic mass is 9.67. The zero-order valence-electron chi connectivity index (χ0n) is 12.3. The Morgan fingerprint density at radius 2 is 2.05 bits per heavy atom. The number of hydrogen-bond acceptors (Lipinski definition) is 4. The molecule has 5 heteroatoms. The van der Waals surface area contributed by atoms with Crippen molar-refractivity contribution in [3.8, 4) is 0 Å². The van der Waals surface area contributed by atoms with Gasteiger partial charge in [-0.3, -0.25) is 0 Å². The van der Waals surface area contributed by atoms with E-state index in [4.69, 9.17) is 5.11 Å². The molecule has 0 heterocycles. The molecule has 5 nitrogen and oxygen atoms in total. The largest absolute Gasteiger partial charge is 0.478 e. The van der Waals surface area contributed by atoms with Crippen LogP contribution in [-0.2, 0) is 4.79 Å². The molecule has 0 spiro atoms. The Morgan fingerprint density at radius 1 is 1.45 bits per heavy atom. The molecule has 0 aromatic rings. The Balaban J connectivity index is 2.40. The monoisotopic (exact) mass is 284 g/mol. The highest BCUT2D eigenvalue weighted by atomic mass is 16.4. The van der Waals surface area contributed by atoms with Crippen LogP contribution in [0, 0.1) is 11.3 Å². The van der Waals surface area contributed by atoms with Crippen molar-refractivity contribution in [3.05, 3.63) is 11.6 Å². The van der Waals surface area contributed by atoms with Crippen LogP contribution in [0.1, 0.15) is 46.5 Å².